The molecule has 0 saturated heterocycles. The van der Waals surface area contributed by atoms with Crippen LogP contribution in [0.5, 0.6) is 0 Å². The average Bonchev–Trinajstić information content (AvgIpc) is 2.86. The largest absolute Gasteiger partial charge is 0.327 e. The van der Waals surface area contributed by atoms with Crippen molar-refractivity contribution in [3.8, 4) is 17.5 Å². The zero-order chi connectivity index (χ0) is 13.2. The standard InChI is InChI=1S/C16H17N3/c1-2-12-6-8-13(9-7-12)16-18-14(11-17)15-5-3-4-10-19(15)16/h6-9H,2-5,10H2,1H3. The Kier molecular flexibility index (Phi) is 3.08. The Morgan fingerprint density at radius 2 is 2.05 bits per heavy atom. The summed E-state index contributed by atoms with van der Waals surface area (Å²) in [5.74, 6) is 0.953. The number of aryl methyl sites for hydroxylation is 1. The maximum Gasteiger partial charge on any atom is 0.162 e. The molecule has 0 bridgehead atoms. The third-order valence-electron chi connectivity index (χ3n) is 3.84. The molecule has 96 valence electrons. The molecular formula is C16H17N3. The van der Waals surface area contributed by atoms with Crippen LogP contribution in [0.1, 0.15) is 36.7 Å². The van der Waals surface area contributed by atoms with Gasteiger partial charge in [0.2, 0.25) is 0 Å². The van der Waals surface area contributed by atoms with E-state index in [0.717, 1.165) is 42.9 Å². The maximum atomic E-state index is 9.21. The quantitative estimate of drug-likeness (QED) is 0.821. The predicted molar refractivity (Wildman–Crippen MR) is 74.7 cm³/mol. The first-order valence-corrected chi connectivity index (χ1v) is 6.92. The number of fused-ring (bicyclic) bond motifs is 1. The van der Waals surface area contributed by atoms with Crippen molar-refractivity contribution in [2.75, 3.05) is 0 Å². The van der Waals surface area contributed by atoms with Gasteiger partial charge in [-0.25, -0.2) is 4.98 Å². The fourth-order valence-electron chi connectivity index (χ4n) is 2.74. The van der Waals surface area contributed by atoms with Crippen LogP contribution in [0.4, 0.5) is 0 Å². The minimum absolute atomic E-state index is 0.606. The van der Waals surface area contributed by atoms with E-state index < -0.39 is 0 Å². The van der Waals surface area contributed by atoms with Crippen molar-refractivity contribution >= 4 is 0 Å². The molecule has 3 heteroatoms. The molecule has 0 atom stereocenters. The van der Waals surface area contributed by atoms with E-state index in [1.165, 1.54) is 12.0 Å². The van der Waals surface area contributed by atoms with Gasteiger partial charge in [-0.05, 0) is 31.2 Å². The Labute approximate surface area is 113 Å². The van der Waals surface area contributed by atoms with Gasteiger partial charge in [-0.1, -0.05) is 31.2 Å². The highest BCUT2D eigenvalue weighted by Gasteiger charge is 2.20. The summed E-state index contributed by atoms with van der Waals surface area (Å²) in [7, 11) is 0. The van der Waals surface area contributed by atoms with Crippen LogP contribution in [0.3, 0.4) is 0 Å². The third kappa shape index (κ3) is 2.04. The smallest absolute Gasteiger partial charge is 0.162 e. The summed E-state index contributed by atoms with van der Waals surface area (Å²) in [6, 6.07) is 10.8. The van der Waals surface area contributed by atoms with Crippen LogP contribution in [0.15, 0.2) is 24.3 Å². The number of benzene rings is 1. The van der Waals surface area contributed by atoms with Crippen LogP contribution >= 0.6 is 0 Å². The first kappa shape index (κ1) is 12.0. The lowest BCUT2D eigenvalue weighted by Crippen LogP contribution is -2.11. The van der Waals surface area contributed by atoms with Crippen LogP contribution in [0.2, 0.25) is 0 Å². The van der Waals surface area contributed by atoms with Gasteiger partial charge in [0.05, 0.1) is 5.69 Å². The molecule has 0 amide bonds. The highest BCUT2D eigenvalue weighted by atomic mass is 15.1. The molecule has 1 aromatic carbocycles. The molecule has 2 heterocycles. The molecule has 2 aromatic rings. The minimum atomic E-state index is 0.606. The molecule has 0 N–H and O–H groups in total. The van der Waals surface area contributed by atoms with Crippen molar-refractivity contribution in [3.63, 3.8) is 0 Å². The average molecular weight is 251 g/mol. The van der Waals surface area contributed by atoms with E-state index in [2.05, 4.69) is 46.8 Å². The fraction of sp³-hybridized carbons (Fsp3) is 0.375. The van der Waals surface area contributed by atoms with E-state index in [9.17, 15) is 5.26 Å². The van der Waals surface area contributed by atoms with Gasteiger partial charge >= 0.3 is 0 Å². The molecule has 1 aliphatic rings. The van der Waals surface area contributed by atoms with Gasteiger partial charge in [-0.2, -0.15) is 5.26 Å². The van der Waals surface area contributed by atoms with Crippen molar-refractivity contribution in [2.45, 2.75) is 39.2 Å². The number of imidazole rings is 1. The summed E-state index contributed by atoms with van der Waals surface area (Å²) < 4.78 is 2.23. The first-order valence-electron chi connectivity index (χ1n) is 6.92. The van der Waals surface area contributed by atoms with Crippen molar-refractivity contribution in [1.82, 2.24) is 9.55 Å². The van der Waals surface area contributed by atoms with E-state index in [-0.39, 0.29) is 0 Å². The van der Waals surface area contributed by atoms with E-state index in [0.29, 0.717) is 5.69 Å². The number of aromatic nitrogens is 2. The van der Waals surface area contributed by atoms with Crippen molar-refractivity contribution in [1.29, 1.82) is 5.26 Å². The Morgan fingerprint density at radius 1 is 1.26 bits per heavy atom. The second-order valence-corrected chi connectivity index (χ2v) is 5.00. The summed E-state index contributed by atoms with van der Waals surface area (Å²) >= 11 is 0. The molecule has 1 aromatic heterocycles. The van der Waals surface area contributed by atoms with Gasteiger partial charge < -0.3 is 4.57 Å². The Morgan fingerprint density at radius 3 is 2.74 bits per heavy atom. The molecule has 0 spiro atoms. The molecule has 3 rings (SSSR count). The second-order valence-electron chi connectivity index (χ2n) is 5.00. The third-order valence-corrected chi connectivity index (χ3v) is 3.84. The van der Waals surface area contributed by atoms with Crippen LogP contribution in [0, 0.1) is 11.3 Å². The van der Waals surface area contributed by atoms with Gasteiger partial charge in [-0.3, -0.25) is 0 Å². The summed E-state index contributed by atoms with van der Waals surface area (Å²) in [5.41, 5.74) is 4.16. The number of hydrogen-bond acceptors (Lipinski definition) is 2. The molecular weight excluding hydrogens is 234 g/mol. The monoisotopic (exact) mass is 251 g/mol. The fourth-order valence-corrected chi connectivity index (χ4v) is 2.74. The maximum absolute atomic E-state index is 9.21. The SMILES string of the molecule is CCc1ccc(-c2nc(C#N)c3n2CCCC3)cc1. The summed E-state index contributed by atoms with van der Waals surface area (Å²) in [5, 5.41) is 9.21. The Balaban J connectivity index is 2.09. The zero-order valence-corrected chi connectivity index (χ0v) is 11.2. The van der Waals surface area contributed by atoms with Crippen LogP contribution < -0.4 is 0 Å². The number of nitriles is 1. The molecule has 0 aliphatic carbocycles. The lowest BCUT2D eigenvalue weighted by atomic mass is 10.1. The zero-order valence-electron chi connectivity index (χ0n) is 11.2. The minimum Gasteiger partial charge on any atom is -0.327 e. The summed E-state index contributed by atoms with van der Waals surface area (Å²) in [4.78, 5) is 4.54. The molecule has 0 saturated carbocycles. The first-order chi connectivity index (χ1) is 9.33. The summed E-state index contributed by atoms with van der Waals surface area (Å²) in [6.07, 6.45) is 4.36. The van der Waals surface area contributed by atoms with E-state index in [1.54, 1.807) is 0 Å². The van der Waals surface area contributed by atoms with Gasteiger partial charge in [0.15, 0.2) is 5.69 Å². The highest BCUT2D eigenvalue weighted by Crippen LogP contribution is 2.27. The van der Waals surface area contributed by atoms with Crippen LogP contribution in [0.25, 0.3) is 11.4 Å². The van der Waals surface area contributed by atoms with Crippen LogP contribution in [-0.2, 0) is 19.4 Å². The molecule has 19 heavy (non-hydrogen) atoms. The van der Waals surface area contributed by atoms with Gasteiger partial charge in [0, 0.05) is 12.1 Å². The number of hydrogen-bond donors (Lipinski definition) is 0. The topological polar surface area (TPSA) is 41.6 Å². The molecule has 0 fully saturated rings. The Bertz CT molecular complexity index is 629. The van der Waals surface area contributed by atoms with Crippen molar-refractivity contribution in [2.24, 2.45) is 0 Å². The molecule has 0 unspecified atom stereocenters. The highest BCUT2D eigenvalue weighted by molar-refractivity contribution is 5.59. The van der Waals surface area contributed by atoms with Crippen molar-refractivity contribution < 1.29 is 0 Å². The summed E-state index contributed by atoms with van der Waals surface area (Å²) in [6.45, 7) is 3.13. The van der Waals surface area contributed by atoms with E-state index >= 15 is 0 Å². The van der Waals surface area contributed by atoms with Gasteiger partial charge in [0.25, 0.3) is 0 Å². The Hall–Kier alpha value is -2.08. The second kappa shape index (κ2) is 4.89. The van der Waals surface area contributed by atoms with E-state index in [1.807, 2.05) is 0 Å². The predicted octanol–water partition coefficient (Wildman–Crippen LogP) is 3.32. The lowest BCUT2D eigenvalue weighted by molar-refractivity contribution is 0.535. The molecule has 1 aliphatic heterocycles. The lowest BCUT2D eigenvalue weighted by Gasteiger charge is -2.16. The molecule has 0 radical (unpaired) electrons. The number of nitrogens with zero attached hydrogens (tertiary/aromatic N) is 3. The van der Waals surface area contributed by atoms with Gasteiger partial charge in [0.1, 0.15) is 11.9 Å². The molecule has 3 nitrogen and oxygen atoms in total. The normalized spacial score (nSPS) is 13.9. The van der Waals surface area contributed by atoms with Gasteiger partial charge in [-0.15, -0.1) is 0 Å². The van der Waals surface area contributed by atoms with Crippen molar-refractivity contribution in [3.05, 3.63) is 41.2 Å². The van der Waals surface area contributed by atoms with Crippen LogP contribution in [-0.4, -0.2) is 9.55 Å². The number of rotatable bonds is 2. The van der Waals surface area contributed by atoms with E-state index in [4.69, 9.17) is 0 Å².